The number of carbonyl (C=O) groups is 2. The van der Waals surface area contributed by atoms with Crippen LogP contribution in [0.5, 0.6) is 0 Å². The summed E-state index contributed by atoms with van der Waals surface area (Å²) in [6.07, 6.45) is 2.75. The van der Waals surface area contributed by atoms with Gasteiger partial charge < -0.3 is 15.0 Å². The highest BCUT2D eigenvalue weighted by atomic mass is 127. The number of guanidine groups is 1. The lowest BCUT2D eigenvalue weighted by Gasteiger charge is -2.22. The van der Waals surface area contributed by atoms with Crippen LogP contribution in [0.1, 0.15) is 40.0 Å². The summed E-state index contributed by atoms with van der Waals surface area (Å²) in [5.41, 5.74) is 1.03. The molecule has 2 aliphatic rings. The smallest absolute Gasteiger partial charge is 0.261 e. The Labute approximate surface area is 183 Å². The van der Waals surface area contributed by atoms with Crippen molar-refractivity contribution >= 4 is 41.8 Å². The Morgan fingerprint density at radius 1 is 1.21 bits per heavy atom. The SMILES string of the molecule is CN=C(NCCCCN1C(=O)c2ccccc2C1=O)N1CCC(COC)C1.I. The van der Waals surface area contributed by atoms with E-state index in [-0.39, 0.29) is 35.8 Å². The molecule has 2 aliphatic heterocycles. The van der Waals surface area contributed by atoms with Gasteiger partial charge in [-0.15, -0.1) is 24.0 Å². The third-order valence-electron chi connectivity index (χ3n) is 5.17. The molecule has 2 amide bonds. The highest BCUT2D eigenvalue weighted by Gasteiger charge is 2.34. The number of imide groups is 1. The van der Waals surface area contributed by atoms with Gasteiger partial charge >= 0.3 is 0 Å². The second kappa shape index (κ2) is 10.8. The number of unbranched alkanes of at least 4 members (excludes halogenated alkanes) is 1. The van der Waals surface area contributed by atoms with E-state index >= 15 is 0 Å². The number of likely N-dealkylation sites (tertiary alicyclic amines) is 1. The molecule has 0 spiro atoms. The summed E-state index contributed by atoms with van der Waals surface area (Å²) >= 11 is 0. The number of hydrogen-bond donors (Lipinski definition) is 1. The number of methoxy groups -OCH3 is 1. The maximum Gasteiger partial charge on any atom is 0.261 e. The molecule has 1 atom stereocenters. The summed E-state index contributed by atoms with van der Waals surface area (Å²) in [4.78, 5) is 32.7. The first-order valence-electron chi connectivity index (χ1n) is 9.55. The molecule has 1 aromatic carbocycles. The number of carbonyl (C=O) groups excluding carboxylic acids is 2. The Kier molecular flexibility index (Phi) is 8.68. The molecule has 1 unspecified atom stereocenters. The largest absolute Gasteiger partial charge is 0.384 e. The third kappa shape index (κ3) is 5.02. The van der Waals surface area contributed by atoms with E-state index in [0.717, 1.165) is 51.5 Å². The van der Waals surface area contributed by atoms with Crippen molar-refractivity contribution in [1.82, 2.24) is 15.1 Å². The van der Waals surface area contributed by atoms with Gasteiger partial charge in [0.2, 0.25) is 0 Å². The normalized spacial score (nSPS) is 19.1. The molecule has 1 N–H and O–H groups in total. The van der Waals surface area contributed by atoms with Crippen LogP contribution in [0.2, 0.25) is 0 Å². The van der Waals surface area contributed by atoms with Crippen molar-refractivity contribution < 1.29 is 14.3 Å². The molecule has 7 nitrogen and oxygen atoms in total. The van der Waals surface area contributed by atoms with Crippen LogP contribution in [-0.2, 0) is 4.74 Å². The second-order valence-electron chi connectivity index (χ2n) is 7.04. The summed E-state index contributed by atoms with van der Waals surface area (Å²) in [5, 5.41) is 3.39. The fraction of sp³-hybridized carbons (Fsp3) is 0.550. The molecule has 0 bridgehead atoms. The molecule has 3 rings (SSSR count). The number of fused-ring (bicyclic) bond motifs is 1. The van der Waals surface area contributed by atoms with Crippen molar-refractivity contribution in [2.24, 2.45) is 10.9 Å². The predicted molar refractivity (Wildman–Crippen MR) is 119 cm³/mol. The molecule has 1 fully saturated rings. The number of benzene rings is 1. The van der Waals surface area contributed by atoms with Gasteiger partial charge in [-0.05, 0) is 31.4 Å². The zero-order valence-electron chi connectivity index (χ0n) is 16.5. The summed E-state index contributed by atoms with van der Waals surface area (Å²) in [5.74, 6) is 1.11. The Morgan fingerprint density at radius 2 is 1.89 bits per heavy atom. The van der Waals surface area contributed by atoms with Gasteiger partial charge in [0.1, 0.15) is 0 Å². The molecular formula is C20H29IN4O3. The Morgan fingerprint density at radius 3 is 2.50 bits per heavy atom. The zero-order valence-corrected chi connectivity index (χ0v) is 18.8. The fourth-order valence-corrected chi connectivity index (χ4v) is 3.77. The molecule has 2 heterocycles. The van der Waals surface area contributed by atoms with E-state index in [0.29, 0.717) is 23.6 Å². The molecule has 154 valence electrons. The molecule has 0 saturated carbocycles. The quantitative estimate of drug-likeness (QED) is 0.205. The van der Waals surface area contributed by atoms with Crippen LogP contribution in [-0.4, -0.2) is 74.5 Å². The number of hydrogen-bond acceptors (Lipinski definition) is 4. The minimum absolute atomic E-state index is 0. The molecule has 1 saturated heterocycles. The second-order valence-corrected chi connectivity index (χ2v) is 7.04. The maximum atomic E-state index is 12.3. The molecule has 0 aliphatic carbocycles. The van der Waals surface area contributed by atoms with Crippen LogP contribution in [0, 0.1) is 5.92 Å². The topological polar surface area (TPSA) is 74.2 Å². The van der Waals surface area contributed by atoms with Gasteiger partial charge in [0.05, 0.1) is 17.7 Å². The van der Waals surface area contributed by atoms with Gasteiger partial charge in [0.15, 0.2) is 5.96 Å². The highest BCUT2D eigenvalue weighted by molar-refractivity contribution is 14.0. The van der Waals surface area contributed by atoms with Crippen molar-refractivity contribution in [2.45, 2.75) is 19.3 Å². The van der Waals surface area contributed by atoms with Crippen LogP contribution >= 0.6 is 24.0 Å². The fourth-order valence-electron chi connectivity index (χ4n) is 3.77. The van der Waals surface area contributed by atoms with Crippen LogP contribution < -0.4 is 5.32 Å². The number of nitrogens with one attached hydrogen (secondary N) is 1. The van der Waals surface area contributed by atoms with E-state index < -0.39 is 0 Å². The van der Waals surface area contributed by atoms with Crippen molar-refractivity contribution in [3.8, 4) is 0 Å². The maximum absolute atomic E-state index is 12.3. The predicted octanol–water partition coefficient (Wildman–Crippen LogP) is 2.22. The molecule has 0 radical (unpaired) electrons. The number of amides is 2. The zero-order chi connectivity index (χ0) is 19.2. The van der Waals surface area contributed by atoms with Crippen LogP contribution in [0.3, 0.4) is 0 Å². The summed E-state index contributed by atoms with van der Waals surface area (Å²) < 4.78 is 5.24. The monoisotopic (exact) mass is 500 g/mol. The number of aliphatic imine (C=N–C) groups is 1. The highest BCUT2D eigenvalue weighted by Crippen LogP contribution is 2.22. The first kappa shape index (κ1) is 22.6. The number of ether oxygens (including phenoxy) is 1. The number of halogens is 1. The van der Waals surface area contributed by atoms with E-state index in [4.69, 9.17) is 4.74 Å². The van der Waals surface area contributed by atoms with Crippen molar-refractivity contribution in [3.63, 3.8) is 0 Å². The Balaban J connectivity index is 0.00000280. The van der Waals surface area contributed by atoms with E-state index in [9.17, 15) is 9.59 Å². The Bertz CT molecular complexity index is 690. The molecule has 1 aromatic rings. The van der Waals surface area contributed by atoms with Gasteiger partial charge in [-0.2, -0.15) is 0 Å². The third-order valence-corrected chi connectivity index (χ3v) is 5.17. The first-order valence-corrected chi connectivity index (χ1v) is 9.55. The van der Waals surface area contributed by atoms with E-state index in [1.54, 1.807) is 38.4 Å². The van der Waals surface area contributed by atoms with Gasteiger partial charge in [0, 0.05) is 46.3 Å². The first-order chi connectivity index (χ1) is 13.2. The van der Waals surface area contributed by atoms with Crippen molar-refractivity contribution in [2.75, 3.05) is 46.9 Å². The average molecular weight is 500 g/mol. The van der Waals surface area contributed by atoms with E-state index in [1.807, 2.05) is 0 Å². The van der Waals surface area contributed by atoms with Crippen LogP contribution in [0.15, 0.2) is 29.3 Å². The lowest BCUT2D eigenvalue weighted by molar-refractivity contribution is 0.0652. The number of nitrogens with zero attached hydrogens (tertiary/aromatic N) is 3. The van der Waals surface area contributed by atoms with Gasteiger partial charge in [0.25, 0.3) is 11.8 Å². The standard InChI is InChI=1S/C20H28N4O3.HI/c1-21-20(23-12-9-15(13-23)14-27-2)22-10-5-6-11-24-18(25)16-7-3-4-8-17(16)19(24)26;/h3-4,7-8,15H,5-6,9-14H2,1-2H3,(H,21,22);1H. The van der Waals surface area contributed by atoms with Gasteiger partial charge in [-0.3, -0.25) is 19.5 Å². The lowest BCUT2D eigenvalue weighted by atomic mass is 10.1. The number of rotatable bonds is 7. The van der Waals surface area contributed by atoms with Gasteiger partial charge in [-0.1, -0.05) is 12.1 Å². The average Bonchev–Trinajstić information content (AvgIpc) is 3.24. The summed E-state index contributed by atoms with van der Waals surface area (Å²) in [6, 6.07) is 7.01. The molecular weight excluding hydrogens is 471 g/mol. The summed E-state index contributed by atoms with van der Waals surface area (Å²) in [7, 11) is 3.54. The van der Waals surface area contributed by atoms with E-state index in [1.165, 1.54) is 4.90 Å². The van der Waals surface area contributed by atoms with Crippen molar-refractivity contribution in [1.29, 1.82) is 0 Å². The van der Waals surface area contributed by atoms with E-state index in [2.05, 4.69) is 15.2 Å². The Hall–Kier alpha value is -1.68. The molecule has 28 heavy (non-hydrogen) atoms. The van der Waals surface area contributed by atoms with Crippen LogP contribution in [0.4, 0.5) is 0 Å². The van der Waals surface area contributed by atoms with Crippen LogP contribution in [0.25, 0.3) is 0 Å². The minimum atomic E-state index is -0.180. The minimum Gasteiger partial charge on any atom is -0.384 e. The molecule has 8 heteroatoms. The summed E-state index contributed by atoms with van der Waals surface area (Å²) in [6.45, 7) is 3.95. The van der Waals surface area contributed by atoms with Crippen molar-refractivity contribution in [3.05, 3.63) is 35.4 Å². The van der Waals surface area contributed by atoms with Gasteiger partial charge in [-0.25, -0.2) is 0 Å². The lowest BCUT2D eigenvalue weighted by Crippen LogP contribution is -2.40. The molecule has 0 aromatic heterocycles.